The molecular formula is C26H36O8. The third kappa shape index (κ3) is 16.5. The van der Waals surface area contributed by atoms with E-state index in [0.717, 1.165) is 0 Å². The minimum atomic E-state index is -1.37. The fraction of sp³-hybridized carbons (Fsp3) is 0.385. The number of hydrogen-bond donors (Lipinski definition) is 0. The van der Waals surface area contributed by atoms with Crippen molar-refractivity contribution in [2.24, 2.45) is 10.8 Å². The Morgan fingerprint density at radius 1 is 0.500 bits per heavy atom. The van der Waals surface area contributed by atoms with Crippen LogP contribution in [0.3, 0.4) is 0 Å². The zero-order valence-electron chi connectivity index (χ0n) is 20.8. The van der Waals surface area contributed by atoms with Crippen LogP contribution in [0.2, 0.25) is 0 Å². The molecule has 34 heavy (non-hydrogen) atoms. The number of carbonyl (C=O) groups is 4. The molecule has 0 heterocycles. The smallest absolute Gasteiger partial charge is 0.333 e. The monoisotopic (exact) mass is 476 g/mol. The average Bonchev–Trinajstić information content (AvgIpc) is 2.69. The molecule has 0 atom stereocenters. The molecule has 0 amide bonds. The Morgan fingerprint density at radius 2 is 0.647 bits per heavy atom. The van der Waals surface area contributed by atoms with Gasteiger partial charge in [0, 0.05) is 22.3 Å². The molecule has 0 aliphatic carbocycles. The van der Waals surface area contributed by atoms with E-state index in [1.54, 1.807) is 0 Å². The normalized spacial score (nSPS) is 10.6. The Kier molecular flexibility index (Phi) is 14.4. The van der Waals surface area contributed by atoms with Gasteiger partial charge in [-0.1, -0.05) is 26.3 Å². The van der Waals surface area contributed by atoms with Gasteiger partial charge in [-0.15, -0.1) is 0 Å². The van der Waals surface area contributed by atoms with E-state index in [0.29, 0.717) is 0 Å². The fourth-order valence-corrected chi connectivity index (χ4v) is 1.62. The minimum absolute atomic E-state index is 0.135. The van der Waals surface area contributed by atoms with E-state index in [1.165, 1.54) is 27.7 Å². The van der Waals surface area contributed by atoms with Gasteiger partial charge >= 0.3 is 23.9 Å². The van der Waals surface area contributed by atoms with Crippen molar-refractivity contribution in [3.63, 3.8) is 0 Å². The molecule has 0 N–H and O–H groups in total. The van der Waals surface area contributed by atoms with Crippen molar-refractivity contribution >= 4 is 23.9 Å². The average molecular weight is 477 g/mol. The van der Waals surface area contributed by atoms with Gasteiger partial charge in [-0.25, -0.2) is 19.2 Å². The van der Waals surface area contributed by atoms with E-state index in [4.69, 9.17) is 18.9 Å². The van der Waals surface area contributed by atoms with Crippen molar-refractivity contribution in [2.45, 2.75) is 27.7 Å². The van der Waals surface area contributed by atoms with Crippen LogP contribution >= 0.6 is 0 Å². The van der Waals surface area contributed by atoms with Gasteiger partial charge < -0.3 is 18.9 Å². The first-order chi connectivity index (χ1) is 15.3. The van der Waals surface area contributed by atoms with Crippen molar-refractivity contribution < 1.29 is 38.1 Å². The molecule has 0 rings (SSSR count). The molecule has 0 aliphatic rings. The quantitative estimate of drug-likeness (QED) is 0.238. The van der Waals surface area contributed by atoms with E-state index in [-0.39, 0.29) is 48.7 Å². The molecule has 0 aromatic carbocycles. The molecule has 0 spiro atoms. The molecule has 0 unspecified atom stereocenters. The summed E-state index contributed by atoms with van der Waals surface area (Å²) in [5, 5.41) is 0. The van der Waals surface area contributed by atoms with Crippen LogP contribution in [0, 0.1) is 38.5 Å². The maximum absolute atomic E-state index is 11.8. The first-order valence-electron chi connectivity index (χ1n) is 10.0. The second kappa shape index (κ2) is 14.9. The minimum Gasteiger partial charge on any atom is -0.461 e. The summed E-state index contributed by atoms with van der Waals surface area (Å²) in [7, 11) is 0. The summed E-state index contributed by atoms with van der Waals surface area (Å²) in [6.45, 7) is 32.0. The van der Waals surface area contributed by atoms with Gasteiger partial charge in [-0.05, 0) is 60.8 Å². The summed E-state index contributed by atoms with van der Waals surface area (Å²) >= 11 is 0. The first kappa shape index (κ1) is 33.0. The molecule has 0 fully saturated rings. The third-order valence-corrected chi connectivity index (χ3v) is 3.43. The second-order valence-corrected chi connectivity index (χ2v) is 8.43. The highest BCUT2D eigenvalue weighted by atomic mass is 16.6. The van der Waals surface area contributed by atoms with Crippen LogP contribution in [0.4, 0.5) is 0 Å². The highest BCUT2D eigenvalue weighted by Gasteiger charge is 2.38. The molecule has 0 aromatic rings. The zero-order valence-corrected chi connectivity index (χ0v) is 20.8. The summed E-state index contributed by atoms with van der Waals surface area (Å²) in [5.41, 5.74) is -1.33. The summed E-state index contributed by atoms with van der Waals surface area (Å²) < 4.78 is 20.7. The summed E-state index contributed by atoms with van der Waals surface area (Å²) in [6, 6.07) is 0. The Labute approximate surface area is 203 Å². The number of rotatable bonds is 12. The lowest BCUT2D eigenvalue weighted by Gasteiger charge is -2.31. The van der Waals surface area contributed by atoms with Crippen LogP contribution in [0.5, 0.6) is 0 Å². The maximum atomic E-state index is 11.8. The summed E-state index contributed by atoms with van der Waals surface area (Å²) in [5.74, 6) is -2.84. The number of hydrogen-bond acceptors (Lipinski definition) is 8. The van der Waals surface area contributed by atoms with Crippen molar-refractivity contribution in [3.05, 3.63) is 76.3 Å². The predicted octanol–water partition coefficient (Wildman–Crippen LogP) is 3.76. The Morgan fingerprint density at radius 3 is 0.765 bits per heavy atom. The van der Waals surface area contributed by atoms with Gasteiger partial charge in [0.2, 0.25) is 0 Å². The molecule has 0 saturated carbocycles. The van der Waals surface area contributed by atoms with Crippen LogP contribution in [0.15, 0.2) is 48.6 Å². The topological polar surface area (TPSA) is 105 Å². The highest BCUT2D eigenvalue weighted by Crippen LogP contribution is 2.23. The first-order valence-corrected chi connectivity index (χ1v) is 10.0. The van der Waals surface area contributed by atoms with Gasteiger partial charge in [-0.3, -0.25) is 0 Å². The van der Waals surface area contributed by atoms with Crippen LogP contribution in [0.1, 0.15) is 27.7 Å². The highest BCUT2D eigenvalue weighted by molar-refractivity contribution is 5.88. The standard InChI is InChI=1S/C21H28O8.C5H8/c1-13(2)17(22)26-9-21(10-27-18(23)14(3)4,11-28-19(24)15(5)6)12-29-20(25)16(7)8;1-5(2,3)4/h1,3,5,7,9-12H2,2,4,6,8H3;1-4H2. The maximum Gasteiger partial charge on any atom is 0.333 e. The van der Waals surface area contributed by atoms with Crippen LogP contribution in [-0.2, 0) is 38.1 Å². The summed E-state index contributed by atoms with van der Waals surface area (Å²) in [4.78, 5) is 47.4. The molecule has 0 bridgehead atoms. The van der Waals surface area contributed by atoms with Gasteiger partial charge in [0.1, 0.15) is 31.8 Å². The van der Waals surface area contributed by atoms with E-state index < -0.39 is 34.7 Å². The van der Waals surface area contributed by atoms with Crippen molar-refractivity contribution in [3.8, 4) is 0 Å². The largest absolute Gasteiger partial charge is 0.461 e. The van der Waals surface area contributed by atoms with Gasteiger partial charge in [0.05, 0.1) is 0 Å². The molecule has 8 heteroatoms. The van der Waals surface area contributed by atoms with Crippen LogP contribution in [-0.4, -0.2) is 50.3 Å². The van der Waals surface area contributed by atoms with E-state index >= 15 is 0 Å². The number of esters is 4. The van der Waals surface area contributed by atoms with Crippen LogP contribution in [0.25, 0.3) is 0 Å². The van der Waals surface area contributed by atoms with Crippen molar-refractivity contribution in [2.75, 3.05) is 26.4 Å². The Bertz CT molecular complexity index is 680. The second-order valence-electron chi connectivity index (χ2n) is 8.43. The van der Waals surface area contributed by atoms with Crippen molar-refractivity contribution in [1.29, 1.82) is 0 Å². The molecule has 0 aliphatic heterocycles. The number of carbonyl (C=O) groups excluding carboxylic acids is 4. The molecule has 0 aromatic heterocycles. The zero-order chi connectivity index (χ0) is 27.3. The lowest BCUT2D eigenvalue weighted by atomic mass is 9.92. The van der Waals surface area contributed by atoms with Crippen molar-refractivity contribution in [1.82, 2.24) is 0 Å². The number of ether oxygens (including phenoxy) is 4. The summed E-state index contributed by atoms with van der Waals surface area (Å²) in [6.07, 6.45) is 0. The lowest BCUT2D eigenvalue weighted by molar-refractivity contribution is -0.165. The van der Waals surface area contributed by atoms with Gasteiger partial charge in [0.25, 0.3) is 0 Å². The molecule has 0 saturated heterocycles. The van der Waals surface area contributed by atoms with Gasteiger partial charge in [-0.2, -0.15) is 0 Å². The predicted molar refractivity (Wildman–Crippen MR) is 129 cm³/mol. The molecule has 4 radical (unpaired) electrons. The lowest BCUT2D eigenvalue weighted by Crippen LogP contribution is -2.44. The van der Waals surface area contributed by atoms with Gasteiger partial charge in [0.15, 0.2) is 0 Å². The molecular weight excluding hydrogens is 440 g/mol. The third-order valence-electron chi connectivity index (χ3n) is 3.43. The van der Waals surface area contributed by atoms with E-state index in [9.17, 15) is 19.2 Å². The fourth-order valence-electron chi connectivity index (χ4n) is 1.62. The Hall–Kier alpha value is -3.16. The van der Waals surface area contributed by atoms with E-state index in [2.05, 4.69) is 54.0 Å². The SMILES string of the molecule is C=C(C)C(=O)OCC(COC(=O)C(=C)C)(COC(=O)C(=C)C)COC(=O)C(=C)C.[CH2]C([CH2])([CH2])[CH2]. The Balaban J connectivity index is 0. The van der Waals surface area contributed by atoms with Crippen LogP contribution < -0.4 is 0 Å². The molecule has 8 nitrogen and oxygen atoms in total. The van der Waals surface area contributed by atoms with E-state index in [1.807, 2.05) is 0 Å². The molecule has 188 valence electrons.